The Hall–Kier alpha value is -2.38. The zero-order valence-corrected chi connectivity index (χ0v) is 19.3. The third-order valence-corrected chi connectivity index (χ3v) is 6.68. The third kappa shape index (κ3) is 5.51. The first kappa shape index (κ1) is 22.8. The maximum absolute atomic E-state index is 11.6. The van der Waals surface area contributed by atoms with Gasteiger partial charge >= 0.3 is 5.97 Å². The van der Waals surface area contributed by atoms with Crippen LogP contribution in [0.15, 0.2) is 54.6 Å². The molecule has 7 heteroatoms. The Morgan fingerprint density at radius 2 is 1.88 bits per heavy atom. The molecule has 1 aliphatic rings. The zero-order valence-electron chi connectivity index (χ0n) is 17.8. The Balaban J connectivity index is 1.54. The van der Waals surface area contributed by atoms with Gasteiger partial charge in [-0.05, 0) is 60.7 Å². The van der Waals surface area contributed by atoms with Gasteiger partial charge in [-0.15, -0.1) is 11.3 Å². The highest BCUT2D eigenvalue weighted by molar-refractivity contribution is 7.18. The van der Waals surface area contributed by atoms with E-state index in [2.05, 4.69) is 0 Å². The second kappa shape index (κ2) is 10.5. The van der Waals surface area contributed by atoms with Crippen LogP contribution in [-0.4, -0.2) is 30.3 Å². The van der Waals surface area contributed by atoms with Crippen molar-refractivity contribution < 1.29 is 24.1 Å². The van der Waals surface area contributed by atoms with Crippen molar-refractivity contribution in [2.45, 2.75) is 45.2 Å². The lowest BCUT2D eigenvalue weighted by Gasteiger charge is -2.27. The molecule has 5 nitrogen and oxygen atoms in total. The summed E-state index contributed by atoms with van der Waals surface area (Å²) in [5.41, 5.74) is 2.70. The van der Waals surface area contributed by atoms with Crippen LogP contribution in [-0.2, 0) is 9.47 Å². The van der Waals surface area contributed by atoms with Crippen molar-refractivity contribution in [2.75, 3.05) is 6.61 Å². The van der Waals surface area contributed by atoms with Crippen molar-refractivity contribution in [2.24, 2.45) is 0 Å². The number of benzene rings is 2. The van der Waals surface area contributed by atoms with E-state index in [-0.39, 0.29) is 17.5 Å². The molecule has 0 bridgehead atoms. The first-order valence-corrected chi connectivity index (χ1v) is 11.9. The molecule has 1 aromatic heterocycles. The molecule has 1 fully saturated rings. The molecule has 1 N–H and O–H groups in total. The number of carboxylic acids is 1. The summed E-state index contributed by atoms with van der Waals surface area (Å²) in [5.74, 6) is -0.248. The van der Waals surface area contributed by atoms with Gasteiger partial charge in [0.1, 0.15) is 10.6 Å². The van der Waals surface area contributed by atoms with Gasteiger partial charge in [-0.3, -0.25) is 0 Å². The highest BCUT2D eigenvalue weighted by Gasteiger charge is 2.20. The summed E-state index contributed by atoms with van der Waals surface area (Å²) < 4.78 is 17.6. The predicted octanol–water partition coefficient (Wildman–Crippen LogP) is 7.09. The maximum atomic E-state index is 11.6. The van der Waals surface area contributed by atoms with E-state index in [0.717, 1.165) is 47.4 Å². The highest BCUT2D eigenvalue weighted by atomic mass is 35.5. The molecule has 0 saturated carbocycles. The van der Waals surface area contributed by atoms with Gasteiger partial charge in [0.15, 0.2) is 6.29 Å². The summed E-state index contributed by atoms with van der Waals surface area (Å²) in [4.78, 5) is 12.8. The van der Waals surface area contributed by atoms with Crippen LogP contribution in [0.5, 0.6) is 5.75 Å². The van der Waals surface area contributed by atoms with Gasteiger partial charge in [0.05, 0.1) is 0 Å². The van der Waals surface area contributed by atoms with Crippen LogP contribution in [0, 0.1) is 0 Å². The smallest absolute Gasteiger partial charge is 0.345 e. The fraction of sp³-hybridized carbons (Fsp3) is 0.320. The van der Waals surface area contributed by atoms with Crippen LogP contribution in [0.1, 0.15) is 42.3 Å². The van der Waals surface area contributed by atoms with E-state index in [1.807, 2.05) is 43.3 Å². The van der Waals surface area contributed by atoms with Crippen molar-refractivity contribution in [3.8, 4) is 27.3 Å². The van der Waals surface area contributed by atoms with E-state index in [9.17, 15) is 9.90 Å². The molecule has 2 atom stereocenters. The van der Waals surface area contributed by atoms with Crippen molar-refractivity contribution in [1.82, 2.24) is 0 Å². The number of carbonyl (C=O) groups is 1. The van der Waals surface area contributed by atoms with E-state index in [0.29, 0.717) is 17.2 Å². The van der Waals surface area contributed by atoms with Crippen molar-refractivity contribution >= 4 is 28.9 Å². The third-order valence-electron chi connectivity index (χ3n) is 5.26. The number of rotatable bonds is 8. The summed E-state index contributed by atoms with van der Waals surface area (Å²) in [5, 5.41) is 10.1. The lowest BCUT2D eigenvalue weighted by Crippen LogP contribution is -2.30. The van der Waals surface area contributed by atoms with Gasteiger partial charge in [-0.25, -0.2) is 4.79 Å². The number of aromatic carboxylic acids is 1. The van der Waals surface area contributed by atoms with E-state index in [1.54, 1.807) is 18.2 Å². The molecular weight excluding hydrogens is 448 g/mol. The molecule has 1 aliphatic heterocycles. The van der Waals surface area contributed by atoms with Crippen molar-refractivity contribution in [3.63, 3.8) is 0 Å². The Kier molecular flexibility index (Phi) is 7.48. The topological polar surface area (TPSA) is 65.0 Å². The van der Waals surface area contributed by atoms with E-state index >= 15 is 0 Å². The van der Waals surface area contributed by atoms with Gasteiger partial charge in [0, 0.05) is 28.5 Å². The predicted molar refractivity (Wildman–Crippen MR) is 127 cm³/mol. The molecule has 0 radical (unpaired) electrons. The minimum atomic E-state index is -0.940. The summed E-state index contributed by atoms with van der Waals surface area (Å²) in [7, 11) is 0. The van der Waals surface area contributed by atoms with Crippen molar-refractivity contribution in [3.05, 3.63) is 64.5 Å². The van der Waals surface area contributed by atoms with Gasteiger partial charge in [-0.2, -0.15) is 0 Å². The second-order valence-electron chi connectivity index (χ2n) is 7.58. The largest absolute Gasteiger partial charge is 0.477 e. The molecule has 1 saturated heterocycles. The molecule has 0 aliphatic carbocycles. The molecule has 3 aromatic rings. The summed E-state index contributed by atoms with van der Waals surface area (Å²) >= 11 is 7.27. The maximum Gasteiger partial charge on any atom is 0.345 e. The minimum Gasteiger partial charge on any atom is -0.477 e. The average molecular weight is 473 g/mol. The van der Waals surface area contributed by atoms with Crippen LogP contribution < -0.4 is 4.74 Å². The van der Waals surface area contributed by atoms with Crippen LogP contribution in [0.3, 0.4) is 0 Å². The number of carboxylic acid groups (broad SMARTS) is 1. The average Bonchev–Trinajstić information content (AvgIpc) is 3.26. The molecule has 4 rings (SSSR count). The molecule has 0 spiro atoms. The number of thiophene rings is 1. The first-order valence-electron chi connectivity index (χ1n) is 10.7. The lowest BCUT2D eigenvalue weighted by molar-refractivity contribution is -0.231. The monoisotopic (exact) mass is 472 g/mol. The van der Waals surface area contributed by atoms with Gasteiger partial charge in [0.25, 0.3) is 0 Å². The molecule has 0 amide bonds. The minimum absolute atomic E-state index is 0.213. The van der Waals surface area contributed by atoms with E-state index in [4.69, 9.17) is 25.8 Å². The Labute approximate surface area is 196 Å². The molecular formula is C25H25ClO5S. The fourth-order valence-corrected chi connectivity index (χ4v) is 4.74. The van der Waals surface area contributed by atoms with Crippen LogP contribution in [0.4, 0.5) is 0 Å². The zero-order chi connectivity index (χ0) is 22.5. The van der Waals surface area contributed by atoms with E-state index in [1.165, 1.54) is 11.3 Å². The Morgan fingerprint density at radius 1 is 1.16 bits per heavy atom. The molecule has 2 aromatic carbocycles. The molecule has 168 valence electrons. The molecule has 2 heterocycles. The van der Waals surface area contributed by atoms with Gasteiger partial charge in [0.2, 0.25) is 6.29 Å². The van der Waals surface area contributed by atoms with Crippen LogP contribution >= 0.6 is 22.9 Å². The molecule has 32 heavy (non-hydrogen) atoms. The Bertz CT molecular complexity index is 1040. The lowest BCUT2D eigenvalue weighted by atomic mass is 10.0. The standard InChI is InChI=1S/C25H25ClO5S/c1-2-22(31-23-5-3-4-14-29-23)30-19-12-8-16(9-13-19)20-15-21(25(27)28)32-24(20)17-6-10-18(26)11-7-17/h6-13,15,22-23H,2-5,14H2,1H3,(H,27,28). The SMILES string of the molecule is CCC(Oc1ccc(-c2cc(C(=O)O)sc2-c2ccc(Cl)cc2)cc1)OC1CCCCO1. The number of ether oxygens (including phenoxy) is 3. The summed E-state index contributed by atoms with van der Waals surface area (Å²) in [6.07, 6.45) is 3.17. The first-order chi connectivity index (χ1) is 15.5. The summed E-state index contributed by atoms with van der Waals surface area (Å²) in [6, 6.07) is 16.8. The second-order valence-corrected chi connectivity index (χ2v) is 9.07. The number of halogens is 1. The van der Waals surface area contributed by atoms with E-state index < -0.39 is 5.97 Å². The summed E-state index contributed by atoms with van der Waals surface area (Å²) in [6.45, 7) is 2.74. The van der Waals surface area contributed by atoms with Crippen LogP contribution in [0.2, 0.25) is 5.02 Å². The number of hydrogen-bond acceptors (Lipinski definition) is 5. The normalized spacial score (nSPS) is 17.1. The molecule has 2 unspecified atom stereocenters. The quantitative estimate of drug-likeness (QED) is 0.354. The van der Waals surface area contributed by atoms with Gasteiger partial charge < -0.3 is 19.3 Å². The Morgan fingerprint density at radius 3 is 2.50 bits per heavy atom. The van der Waals surface area contributed by atoms with Gasteiger partial charge in [-0.1, -0.05) is 42.8 Å². The fourth-order valence-electron chi connectivity index (χ4n) is 3.59. The van der Waals surface area contributed by atoms with Crippen LogP contribution in [0.25, 0.3) is 21.6 Å². The highest BCUT2D eigenvalue weighted by Crippen LogP contribution is 2.40. The van der Waals surface area contributed by atoms with Crippen molar-refractivity contribution in [1.29, 1.82) is 0 Å². The number of hydrogen-bond donors (Lipinski definition) is 1.